The van der Waals surface area contributed by atoms with Crippen molar-refractivity contribution in [2.24, 2.45) is 0 Å². The summed E-state index contributed by atoms with van der Waals surface area (Å²) < 4.78 is 22.6. The molecule has 0 saturated carbocycles. The zero-order chi connectivity index (χ0) is 44.0. The Morgan fingerprint density at radius 2 is 1.15 bits per heavy atom. The summed E-state index contributed by atoms with van der Waals surface area (Å²) in [6.07, 6.45) is 21.3. The molecule has 0 aromatic heterocycles. The van der Waals surface area contributed by atoms with Crippen molar-refractivity contribution < 1.29 is 64.6 Å². The molecule has 14 nitrogen and oxygen atoms in total. The molecule has 12 unspecified atom stereocenters. The zero-order valence-electron chi connectivity index (χ0n) is 36.2. The molecule has 2 fully saturated rings. The molecule has 2 aliphatic rings. The maximum Gasteiger partial charge on any atom is 0.220 e. The summed E-state index contributed by atoms with van der Waals surface area (Å²) in [4.78, 5) is 13.1. The molecule has 0 radical (unpaired) electrons. The average molecular weight is 854 g/mol. The van der Waals surface area contributed by atoms with E-state index in [2.05, 4.69) is 67.8 Å². The quantitative estimate of drug-likeness (QED) is 0.0340. The highest BCUT2D eigenvalue weighted by molar-refractivity contribution is 5.76. The minimum Gasteiger partial charge on any atom is -0.394 e. The number of aliphatic hydroxyl groups is 8. The number of unbranched alkanes of at least 4 members (excludes halogenated alkanes) is 11. The van der Waals surface area contributed by atoms with Crippen LogP contribution >= 0.6 is 0 Å². The molecule has 14 heteroatoms. The maximum atomic E-state index is 13.1. The lowest BCUT2D eigenvalue weighted by atomic mass is 9.97. The summed E-state index contributed by atoms with van der Waals surface area (Å²) in [6, 6.07) is -0.944. The van der Waals surface area contributed by atoms with Gasteiger partial charge in [0.05, 0.1) is 32.0 Å². The Labute approximate surface area is 358 Å². The molecule has 2 rings (SSSR count). The third kappa shape index (κ3) is 21.2. The fourth-order valence-corrected chi connectivity index (χ4v) is 6.89. The second-order valence-electron chi connectivity index (χ2n) is 15.8. The molecule has 0 spiro atoms. The van der Waals surface area contributed by atoms with E-state index in [4.69, 9.17) is 18.9 Å². The number of aliphatic hydroxyl groups excluding tert-OH is 8. The van der Waals surface area contributed by atoms with Crippen LogP contribution in [0, 0.1) is 0 Å². The zero-order valence-corrected chi connectivity index (χ0v) is 36.2. The lowest BCUT2D eigenvalue weighted by Crippen LogP contribution is -2.65. The second kappa shape index (κ2) is 33.3. The van der Waals surface area contributed by atoms with Crippen molar-refractivity contribution in [3.63, 3.8) is 0 Å². The van der Waals surface area contributed by atoms with E-state index in [-0.39, 0.29) is 18.9 Å². The summed E-state index contributed by atoms with van der Waals surface area (Å²) in [5, 5.41) is 86.4. The third-order valence-electron chi connectivity index (χ3n) is 10.6. The molecule has 0 aromatic carbocycles. The van der Waals surface area contributed by atoms with Crippen LogP contribution in [0.15, 0.2) is 60.8 Å². The van der Waals surface area contributed by atoms with E-state index in [0.717, 1.165) is 77.0 Å². The van der Waals surface area contributed by atoms with E-state index < -0.39 is 86.8 Å². The van der Waals surface area contributed by atoms with Crippen LogP contribution in [-0.2, 0) is 23.7 Å². The fraction of sp³-hybridized carbons (Fsp3) is 0.761. The van der Waals surface area contributed by atoms with E-state index >= 15 is 0 Å². The predicted octanol–water partition coefficient (Wildman–Crippen LogP) is 4.32. The van der Waals surface area contributed by atoms with Crippen molar-refractivity contribution in [3.8, 4) is 0 Å². The number of carbonyl (C=O) groups excluding carboxylic acids is 1. The van der Waals surface area contributed by atoms with Gasteiger partial charge in [0.1, 0.15) is 48.8 Å². The summed E-state index contributed by atoms with van der Waals surface area (Å²) in [5.74, 6) is -0.274. The van der Waals surface area contributed by atoms with Gasteiger partial charge in [-0.25, -0.2) is 0 Å². The van der Waals surface area contributed by atoms with Gasteiger partial charge in [0.25, 0.3) is 0 Å². The van der Waals surface area contributed by atoms with Gasteiger partial charge in [-0.05, 0) is 70.6 Å². The SMILES string of the molecule is CCC/C=C\C/C=C\CCCCCCCC(=O)NC(COC1OC(CO)C(OC2OC(CO)C(O)C(O)C2O)C(O)C1O)C(O)/C=C/CC/C=C/CC/C=C/CCCCC. The first-order chi connectivity index (χ1) is 29.1. The smallest absolute Gasteiger partial charge is 0.220 e. The summed E-state index contributed by atoms with van der Waals surface area (Å²) in [7, 11) is 0. The summed E-state index contributed by atoms with van der Waals surface area (Å²) >= 11 is 0. The third-order valence-corrected chi connectivity index (χ3v) is 10.6. The number of rotatable bonds is 32. The molecular formula is C46H79NO13. The van der Waals surface area contributed by atoms with Crippen molar-refractivity contribution in [2.75, 3.05) is 19.8 Å². The number of amides is 1. The normalized spacial score (nSPS) is 28.8. The summed E-state index contributed by atoms with van der Waals surface area (Å²) in [6.45, 7) is 2.60. The highest BCUT2D eigenvalue weighted by atomic mass is 16.7. The van der Waals surface area contributed by atoms with Crippen LogP contribution in [0.2, 0.25) is 0 Å². The first-order valence-electron chi connectivity index (χ1n) is 22.5. The van der Waals surface area contributed by atoms with E-state index in [1.807, 2.05) is 6.08 Å². The highest BCUT2D eigenvalue weighted by Crippen LogP contribution is 2.29. The van der Waals surface area contributed by atoms with Gasteiger partial charge in [-0.2, -0.15) is 0 Å². The van der Waals surface area contributed by atoms with Crippen LogP contribution in [0.5, 0.6) is 0 Å². The van der Waals surface area contributed by atoms with E-state index in [1.54, 1.807) is 6.08 Å². The van der Waals surface area contributed by atoms with Crippen LogP contribution in [-0.4, -0.2) is 140 Å². The molecule has 346 valence electrons. The Hall–Kier alpha value is -2.31. The van der Waals surface area contributed by atoms with Crippen molar-refractivity contribution in [3.05, 3.63) is 60.8 Å². The van der Waals surface area contributed by atoms with Crippen LogP contribution in [0.1, 0.15) is 129 Å². The Balaban J connectivity index is 1.94. The van der Waals surface area contributed by atoms with E-state index in [0.29, 0.717) is 12.8 Å². The molecule has 2 saturated heterocycles. The van der Waals surface area contributed by atoms with Gasteiger partial charge < -0.3 is 65.1 Å². The molecule has 9 N–H and O–H groups in total. The van der Waals surface area contributed by atoms with Gasteiger partial charge in [0, 0.05) is 6.42 Å². The van der Waals surface area contributed by atoms with Crippen molar-refractivity contribution in [1.82, 2.24) is 5.32 Å². The van der Waals surface area contributed by atoms with Gasteiger partial charge in [-0.1, -0.05) is 113 Å². The molecule has 0 bridgehead atoms. The number of carbonyl (C=O) groups is 1. The molecule has 2 aliphatic heterocycles. The fourth-order valence-electron chi connectivity index (χ4n) is 6.89. The monoisotopic (exact) mass is 854 g/mol. The largest absolute Gasteiger partial charge is 0.394 e. The first kappa shape index (κ1) is 53.8. The second-order valence-corrected chi connectivity index (χ2v) is 15.8. The minimum atomic E-state index is -1.79. The molecule has 12 atom stereocenters. The van der Waals surface area contributed by atoms with Crippen LogP contribution in [0.4, 0.5) is 0 Å². The van der Waals surface area contributed by atoms with Crippen molar-refractivity contribution in [1.29, 1.82) is 0 Å². The van der Waals surface area contributed by atoms with Gasteiger partial charge in [0.2, 0.25) is 5.91 Å². The Morgan fingerprint density at radius 3 is 1.80 bits per heavy atom. The van der Waals surface area contributed by atoms with E-state index in [1.165, 1.54) is 19.3 Å². The number of allylic oxidation sites excluding steroid dienone is 9. The molecule has 1 amide bonds. The maximum absolute atomic E-state index is 13.1. The van der Waals surface area contributed by atoms with Gasteiger partial charge >= 0.3 is 0 Å². The Kier molecular flexibility index (Phi) is 29.9. The number of ether oxygens (including phenoxy) is 4. The van der Waals surface area contributed by atoms with Crippen LogP contribution in [0.3, 0.4) is 0 Å². The molecular weight excluding hydrogens is 774 g/mol. The number of hydrogen-bond donors (Lipinski definition) is 9. The topological polar surface area (TPSA) is 228 Å². The number of nitrogens with one attached hydrogen (secondary N) is 1. The predicted molar refractivity (Wildman–Crippen MR) is 230 cm³/mol. The molecule has 60 heavy (non-hydrogen) atoms. The molecule has 2 heterocycles. The van der Waals surface area contributed by atoms with Crippen molar-refractivity contribution in [2.45, 2.75) is 203 Å². The number of hydrogen-bond acceptors (Lipinski definition) is 13. The molecule has 0 aliphatic carbocycles. The summed E-state index contributed by atoms with van der Waals surface area (Å²) in [5.41, 5.74) is 0. The first-order valence-corrected chi connectivity index (χ1v) is 22.5. The standard InChI is InChI=1S/C46H79NO13/c1-3-5-7-9-11-13-15-17-19-21-23-25-27-29-35(50)34(47-38(51)30-28-26-24-22-20-18-16-14-12-10-8-6-4-2)33-57-45-43(56)41(54)44(37(32-49)59-45)60-46-42(55)40(53)39(52)36(31-48)58-46/h8,10-11,13-14,16,19,21,27,29,34-37,39-46,48-50,52-56H,3-7,9,12,15,17-18,20,22-26,28,30-33H2,1-2H3,(H,47,51)/b10-8-,13-11+,16-14-,21-19+,29-27+. The van der Waals surface area contributed by atoms with Crippen molar-refractivity contribution >= 4 is 5.91 Å². The van der Waals surface area contributed by atoms with Gasteiger partial charge in [-0.3, -0.25) is 4.79 Å². The lowest BCUT2D eigenvalue weighted by molar-refractivity contribution is -0.359. The highest BCUT2D eigenvalue weighted by Gasteiger charge is 2.50. The van der Waals surface area contributed by atoms with Gasteiger partial charge in [-0.15, -0.1) is 0 Å². The minimum absolute atomic E-state index is 0.250. The van der Waals surface area contributed by atoms with Gasteiger partial charge in [0.15, 0.2) is 12.6 Å². The Morgan fingerprint density at radius 1 is 0.600 bits per heavy atom. The van der Waals surface area contributed by atoms with Crippen LogP contribution < -0.4 is 5.32 Å². The molecule has 0 aromatic rings. The van der Waals surface area contributed by atoms with E-state index in [9.17, 15) is 45.6 Å². The van der Waals surface area contributed by atoms with Crippen LogP contribution in [0.25, 0.3) is 0 Å². The lowest BCUT2D eigenvalue weighted by Gasteiger charge is -2.46. The average Bonchev–Trinajstić information content (AvgIpc) is 3.24. The Bertz CT molecular complexity index is 1240.